The number of fused-ring (bicyclic) bond motifs is 1. The average Bonchev–Trinajstić information content (AvgIpc) is 3.46. The van der Waals surface area contributed by atoms with Crippen molar-refractivity contribution in [2.45, 2.75) is 51.5 Å². The number of nitrogens with two attached hydrogens (primary N) is 2. The molecule has 1 aliphatic carbocycles. The summed E-state index contributed by atoms with van der Waals surface area (Å²) in [7, 11) is 0. The van der Waals surface area contributed by atoms with Crippen LogP contribution in [-0.4, -0.2) is 46.6 Å². The normalized spacial score (nSPS) is 18.1. The van der Waals surface area contributed by atoms with E-state index in [2.05, 4.69) is 45.5 Å². The molecule has 4 rings (SSSR count). The third-order valence-corrected chi connectivity index (χ3v) is 7.18. The molecule has 1 unspecified atom stereocenters. The van der Waals surface area contributed by atoms with Crippen LogP contribution < -0.4 is 32.4 Å². The number of carbonyl (C=O) groups excluding carboxylic acids is 1. The Balaban J connectivity index is 1.44. The van der Waals surface area contributed by atoms with Crippen LogP contribution in [0, 0.1) is 0 Å². The van der Waals surface area contributed by atoms with E-state index >= 15 is 0 Å². The lowest BCUT2D eigenvalue weighted by atomic mass is 10.00. The van der Waals surface area contributed by atoms with Crippen molar-refractivity contribution in [1.29, 1.82) is 0 Å². The Morgan fingerprint density at radius 1 is 1.38 bits per heavy atom. The minimum Gasteiger partial charge on any atom is -0.403 e. The van der Waals surface area contributed by atoms with Crippen LogP contribution in [0.1, 0.15) is 54.3 Å². The van der Waals surface area contributed by atoms with Crippen LogP contribution in [0.4, 0.5) is 5.13 Å². The van der Waals surface area contributed by atoms with Gasteiger partial charge in [-0.3, -0.25) is 4.79 Å². The van der Waals surface area contributed by atoms with E-state index in [0.29, 0.717) is 18.0 Å². The van der Waals surface area contributed by atoms with Crippen molar-refractivity contribution in [2.24, 2.45) is 11.6 Å². The molecule has 2 aliphatic rings. The molecule has 0 aromatic carbocycles. The molecular weight excluding hydrogens is 422 g/mol. The number of piperazine rings is 1. The Kier molecular flexibility index (Phi) is 7.16. The Morgan fingerprint density at radius 2 is 2.22 bits per heavy atom. The van der Waals surface area contributed by atoms with E-state index in [9.17, 15) is 4.79 Å². The lowest BCUT2D eigenvalue weighted by Crippen LogP contribution is -2.48. The van der Waals surface area contributed by atoms with E-state index < -0.39 is 0 Å². The number of rotatable bonds is 8. The van der Waals surface area contributed by atoms with Gasteiger partial charge in [0.25, 0.3) is 5.91 Å². The summed E-state index contributed by atoms with van der Waals surface area (Å²) >= 11 is 1.42. The van der Waals surface area contributed by atoms with Gasteiger partial charge in [-0.2, -0.15) is 0 Å². The summed E-state index contributed by atoms with van der Waals surface area (Å²) in [6.07, 6.45) is 16.0. The van der Waals surface area contributed by atoms with Gasteiger partial charge in [0, 0.05) is 30.3 Å². The predicted octanol–water partition coefficient (Wildman–Crippen LogP) is 1.15. The topological polar surface area (TPSA) is 116 Å². The van der Waals surface area contributed by atoms with Gasteiger partial charge < -0.3 is 25.9 Å². The number of anilines is 1. The lowest BCUT2D eigenvalue weighted by Gasteiger charge is -2.34. The molecule has 32 heavy (non-hydrogen) atoms. The Morgan fingerprint density at radius 3 is 3.03 bits per heavy atom. The fraction of sp³-hybridized carbons (Fsp3) is 0.478. The van der Waals surface area contributed by atoms with Gasteiger partial charge in [0.05, 0.1) is 25.0 Å². The van der Waals surface area contributed by atoms with Crippen molar-refractivity contribution in [3.8, 4) is 0 Å². The highest BCUT2D eigenvalue weighted by Crippen LogP contribution is 2.25. The van der Waals surface area contributed by atoms with Gasteiger partial charge in [0.2, 0.25) is 0 Å². The summed E-state index contributed by atoms with van der Waals surface area (Å²) in [4.78, 5) is 23.7. The first-order chi connectivity index (χ1) is 15.6. The molecule has 172 valence electrons. The number of aromatic amines is 1. The molecule has 8 nitrogen and oxygen atoms in total. The van der Waals surface area contributed by atoms with Gasteiger partial charge in [-0.05, 0) is 36.5 Å². The highest BCUT2D eigenvalue weighted by Gasteiger charge is 2.23. The molecule has 0 bridgehead atoms. The number of amides is 1. The van der Waals surface area contributed by atoms with Crippen molar-refractivity contribution in [1.82, 2.24) is 20.3 Å². The summed E-state index contributed by atoms with van der Waals surface area (Å²) in [6, 6.07) is 0.0933. The SMILES string of the molecule is CCCCC(Cc1c[nH]c2c1=CCCC=2)NC(=O)c1cnc(N2CCN(N)/C(=C\N)C2)s1. The summed E-state index contributed by atoms with van der Waals surface area (Å²) in [5.41, 5.74) is 7.81. The minimum atomic E-state index is -0.0538. The van der Waals surface area contributed by atoms with E-state index in [-0.39, 0.29) is 11.9 Å². The average molecular weight is 456 g/mol. The Labute approximate surface area is 192 Å². The van der Waals surface area contributed by atoms with Crippen molar-refractivity contribution < 1.29 is 4.79 Å². The number of unbranched alkanes of at least 4 members (excludes halogenated alkanes) is 1. The molecule has 1 atom stereocenters. The van der Waals surface area contributed by atoms with Crippen molar-refractivity contribution in [2.75, 3.05) is 24.5 Å². The number of carbonyl (C=O) groups is 1. The maximum Gasteiger partial charge on any atom is 0.263 e. The summed E-state index contributed by atoms with van der Waals surface area (Å²) in [5.74, 6) is 5.89. The second-order valence-corrected chi connectivity index (χ2v) is 9.43. The second kappa shape index (κ2) is 10.2. The van der Waals surface area contributed by atoms with E-state index in [4.69, 9.17) is 11.6 Å². The molecule has 0 spiro atoms. The first kappa shape index (κ1) is 22.4. The third-order valence-electron chi connectivity index (χ3n) is 6.12. The fourth-order valence-electron chi connectivity index (χ4n) is 4.29. The van der Waals surface area contributed by atoms with Gasteiger partial charge >= 0.3 is 0 Å². The second-order valence-electron chi connectivity index (χ2n) is 8.42. The zero-order valence-electron chi connectivity index (χ0n) is 18.6. The smallest absolute Gasteiger partial charge is 0.263 e. The maximum atomic E-state index is 13.1. The molecular formula is C23H33N7OS. The fourth-order valence-corrected chi connectivity index (χ4v) is 5.13. The number of nitrogens with zero attached hydrogens (tertiary/aromatic N) is 3. The number of thiazole rings is 1. The number of nitrogens with one attached hydrogen (secondary N) is 2. The molecule has 6 N–H and O–H groups in total. The van der Waals surface area contributed by atoms with Crippen LogP contribution in [-0.2, 0) is 6.42 Å². The molecule has 0 saturated carbocycles. The summed E-state index contributed by atoms with van der Waals surface area (Å²) in [5, 5.41) is 8.26. The van der Waals surface area contributed by atoms with E-state index in [1.54, 1.807) is 11.2 Å². The van der Waals surface area contributed by atoms with Crippen molar-refractivity contribution >= 4 is 34.5 Å². The zero-order chi connectivity index (χ0) is 22.5. The minimum absolute atomic E-state index is 0.0538. The molecule has 1 fully saturated rings. The van der Waals surface area contributed by atoms with E-state index in [1.807, 2.05) is 0 Å². The van der Waals surface area contributed by atoms with Crippen LogP contribution in [0.25, 0.3) is 12.2 Å². The van der Waals surface area contributed by atoms with Gasteiger partial charge in [-0.15, -0.1) is 0 Å². The molecule has 1 aliphatic heterocycles. The predicted molar refractivity (Wildman–Crippen MR) is 130 cm³/mol. The summed E-state index contributed by atoms with van der Waals surface area (Å²) in [6.45, 7) is 4.18. The first-order valence-corrected chi connectivity index (χ1v) is 12.2. The Bertz CT molecular complexity index is 1090. The van der Waals surface area contributed by atoms with Crippen LogP contribution in [0.3, 0.4) is 0 Å². The zero-order valence-corrected chi connectivity index (χ0v) is 19.5. The lowest BCUT2D eigenvalue weighted by molar-refractivity contribution is 0.0938. The quantitative estimate of drug-likeness (QED) is 0.444. The van der Waals surface area contributed by atoms with Gasteiger partial charge in [-0.1, -0.05) is 43.3 Å². The molecule has 3 heterocycles. The maximum absolute atomic E-state index is 13.1. The third kappa shape index (κ3) is 4.99. The number of H-pyrrole nitrogens is 1. The van der Waals surface area contributed by atoms with Gasteiger partial charge in [0.1, 0.15) is 4.88 Å². The Hall–Kier alpha value is -2.78. The van der Waals surface area contributed by atoms with E-state index in [0.717, 1.165) is 55.9 Å². The highest BCUT2D eigenvalue weighted by atomic mass is 32.1. The number of hydrogen-bond acceptors (Lipinski definition) is 7. The molecule has 1 saturated heterocycles. The molecule has 9 heteroatoms. The number of hydrazine groups is 1. The van der Waals surface area contributed by atoms with Crippen molar-refractivity contribution in [3.63, 3.8) is 0 Å². The standard InChI is InChI=1S/C23H33N7OS/c1-2-3-6-17(11-16-13-26-20-8-5-4-7-19(16)20)28-22(31)21-14-27-23(32-21)29-9-10-30(25)18(12-24)15-29/h7-8,12-14,17,26H,2-6,9-11,15,24-25H2,1H3,(H,28,31)/b18-12-. The molecule has 0 radical (unpaired) electrons. The highest BCUT2D eigenvalue weighted by molar-refractivity contribution is 7.17. The van der Waals surface area contributed by atoms with Crippen LogP contribution in [0.15, 0.2) is 24.3 Å². The number of aromatic nitrogens is 2. The van der Waals surface area contributed by atoms with E-state index in [1.165, 1.54) is 33.7 Å². The van der Waals surface area contributed by atoms with Gasteiger partial charge in [-0.25, -0.2) is 10.8 Å². The largest absolute Gasteiger partial charge is 0.403 e. The number of hydrogen-bond donors (Lipinski definition) is 4. The van der Waals surface area contributed by atoms with Crippen LogP contribution >= 0.6 is 11.3 Å². The van der Waals surface area contributed by atoms with Crippen molar-refractivity contribution in [3.05, 3.63) is 45.3 Å². The van der Waals surface area contributed by atoms with Crippen LogP contribution in [0.2, 0.25) is 0 Å². The van der Waals surface area contributed by atoms with Crippen LogP contribution in [0.5, 0.6) is 0 Å². The molecule has 2 aromatic rings. The first-order valence-electron chi connectivity index (χ1n) is 11.4. The monoisotopic (exact) mass is 455 g/mol. The van der Waals surface area contributed by atoms with Gasteiger partial charge in [0.15, 0.2) is 5.13 Å². The molecule has 2 aromatic heterocycles. The summed E-state index contributed by atoms with van der Waals surface area (Å²) < 4.78 is 0. The molecule has 1 amide bonds.